The van der Waals surface area contributed by atoms with Crippen molar-refractivity contribution in [2.24, 2.45) is 0 Å². The van der Waals surface area contributed by atoms with Gasteiger partial charge in [0.05, 0.1) is 19.8 Å². The van der Waals surface area contributed by atoms with Crippen LogP contribution in [0.2, 0.25) is 0 Å². The minimum Gasteiger partial charge on any atom is -0.497 e. The van der Waals surface area contributed by atoms with Gasteiger partial charge in [-0.2, -0.15) is 0 Å². The fraction of sp³-hybridized carbons (Fsp3) is 0.263. The molecule has 0 fully saturated rings. The van der Waals surface area contributed by atoms with E-state index < -0.39 is 5.97 Å². The van der Waals surface area contributed by atoms with Crippen LogP contribution in [0.25, 0.3) is 0 Å². The lowest BCUT2D eigenvalue weighted by atomic mass is 10.1. The highest BCUT2D eigenvalue weighted by Crippen LogP contribution is 2.25. The number of methoxy groups -OCH3 is 2. The highest BCUT2D eigenvalue weighted by atomic mass is 16.5. The molecule has 25 heavy (non-hydrogen) atoms. The maximum absolute atomic E-state index is 11.8. The molecule has 2 aromatic carbocycles. The van der Waals surface area contributed by atoms with E-state index in [1.54, 1.807) is 42.5 Å². The van der Waals surface area contributed by atoms with E-state index in [4.69, 9.17) is 18.9 Å². The molecule has 0 aromatic heterocycles. The van der Waals surface area contributed by atoms with Gasteiger partial charge in [0.15, 0.2) is 5.78 Å². The van der Waals surface area contributed by atoms with E-state index >= 15 is 0 Å². The van der Waals surface area contributed by atoms with Crippen LogP contribution in [0.15, 0.2) is 42.5 Å². The van der Waals surface area contributed by atoms with Gasteiger partial charge in [0.1, 0.15) is 36.0 Å². The Balaban J connectivity index is 2.02. The number of hydrogen-bond donors (Lipinski definition) is 0. The molecule has 0 atom stereocenters. The maximum atomic E-state index is 11.8. The first kappa shape index (κ1) is 18.3. The average molecular weight is 344 g/mol. The molecule has 0 aliphatic heterocycles. The summed E-state index contributed by atoms with van der Waals surface area (Å²) in [5.74, 6) is 0.829. The molecule has 0 amide bonds. The van der Waals surface area contributed by atoms with Crippen molar-refractivity contribution in [2.75, 3.05) is 27.4 Å². The molecule has 0 aliphatic rings. The number of para-hydroxylation sites is 1. The third kappa shape index (κ3) is 4.73. The number of benzene rings is 2. The summed E-state index contributed by atoms with van der Waals surface area (Å²) >= 11 is 0. The van der Waals surface area contributed by atoms with Crippen molar-refractivity contribution < 1.29 is 28.5 Å². The van der Waals surface area contributed by atoms with Crippen molar-refractivity contribution in [1.29, 1.82) is 0 Å². The standard InChI is InChI=1S/C19H20O6/c1-13(20)15-6-4-5-7-17(15)24-10-11-25-18-12-14(22-2)8-9-16(18)19(21)23-3/h4-9,12H,10-11H2,1-3H3. The summed E-state index contributed by atoms with van der Waals surface area (Å²) in [6.07, 6.45) is 0. The molecule has 132 valence electrons. The number of esters is 1. The molecule has 0 heterocycles. The van der Waals surface area contributed by atoms with Crippen molar-refractivity contribution in [3.8, 4) is 17.2 Å². The van der Waals surface area contributed by atoms with E-state index in [1.165, 1.54) is 21.1 Å². The van der Waals surface area contributed by atoms with Crippen LogP contribution in [0, 0.1) is 0 Å². The Bertz CT molecular complexity index is 753. The Kier molecular flexibility index (Phi) is 6.39. The smallest absolute Gasteiger partial charge is 0.341 e. The van der Waals surface area contributed by atoms with Crippen LogP contribution in [0.1, 0.15) is 27.6 Å². The Hall–Kier alpha value is -3.02. The Labute approximate surface area is 146 Å². The highest BCUT2D eigenvalue weighted by Gasteiger charge is 2.14. The van der Waals surface area contributed by atoms with Crippen LogP contribution in [-0.4, -0.2) is 39.2 Å². The van der Waals surface area contributed by atoms with Crippen LogP contribution in [0.3, 0.4) is 0 Å². The predicted octanol–water partition coefficient (Wildman–Crippen LogP) is 3.14. The zero-order valence-corrected chi connectivity index (χ0v) is 14.4. The molecule has 6 nitrogen and oxygen atoms in total. The first-order chi connectivity index (χ1) is 12.1. The number of rotatable bonds is 8. The van der Waals surface area contributed by atoms with Crippen molar-refractivity contribution in [3.63, 3.8) is 0 Å². The molecule has 0 saturated carbocycles. The second-order valence-corrected chi connectivity index (χ2v) is 5.10. The van der Waals surface area contributed by atoms with Gasteiger partial charge in [-0.15, -0.1) is 0 Å². The summed E-state index contributed by atoms with van der Waals surface area (Å²) in [5.41, 5.74) is 0.812. The van der Waals surface area contributed by atoms with E-state index in [-0.39, 0.29) is 19.0 Å². The third-order valence-electron chi connectivity index (χ3n) is 3.46. The number of ketones is 1. The predicted molar refractivity (Wildman–Crippen MR) is 91.8 cm³/mol. The SMILES string of the molecule is COC(=O)c1ccc(OC)cc1OCCOc1ccccc1C(C)=O. The summed E-state index contributed by atoms with van der Waals surface area (Å²) in [6, 6.07) is 11.8. The summed E-state index contributed by atoms with van der Waals surface area (Å²) < 4.78 is 21.1. The third-order valence-corrected chi connectivity index (χ3v) is 3.46. The number of carbonyl (C=O) groups is 2. The van der Waals surface area contributed by atoms with Crippen molar-refractivity contribution in [3.05, 3.63) is 53.6 Å². The largest absolute Gasteiger partial charge is 0.497 e. The monoisotopic (exact) mass is 344 g/mol. The van der Waals surface area contributed by atoms with Gasteiger partial charge in [0.2, 0.25) is 0 Å². The Morgan fingerprint density at radius 1 is 0.880 bits per heavy atom. The molecule has 0 N–H and O–H groups in total. The molecule has 0 aliphatic carbocycles. The van der Waals surface area contributed by atoms with Crippen molar-refractivity contribution >= 4 is 11.8 Å². The van der Waals surface area contributed by atoms with Gasteiger partial charge in [-0.25, -0.2) is 4.79 Å². The lowest BCUT2D eigenvalue weighted by molar-refractivity contribution is 0.0594. The van der Waals surface area contributed by atoms with Crippen LogP contribution < -0.4 is 14.2 Å². The van der Waals surface area contributed by atoms with E-state index in [0.29, 0.717) is 28.4 Å². The molecule has 0 unspecified atom stereocenters. The number of Topliss-reactive ketones (excluding diaryl/α,β-unsaturated/α-hetero) is 1. The lowest BCUT2D eigenvalue weighted by Gasteiger charge is -2.13. The first-order valence-corrected chi connectivity index (χ1v) is 7.68. The topological polar surface area (TPSA) is 71.1 Å². The summed E-state index contributed by atoms with van der Waals surface area (Å²) in [4.78, 5) is 23.4. The molecule has 0 spiro atoms. The summed E-state index contributed by atoms with van der Waals surface area (Å²) in [7, 11) is 2.83. The molecule has 2 rings (SSSR count). The minimum absolute atomic E-state index is 0.0720. The fourth-order valence-corrected chi connectivity index (χ4v) is 2.21. The second kappa shape index (κ2) is 8.73. The number of carbonyl (C=O) groups excluding carboxylic acids is 2. The van der Waals surface area contributed by atoms with Crippen molar-refractivity contribution in [1.82, 2.24) is 0 Å². The minimum atomic E-state index is -0.500. The average Bonchev–Trinajstić information content (AvgIpc) is 2.64. The molecular weight excluding hydrogens is 324 g/mol. The highest BCUT2D eigenvalue weighted by molar-refractivity contribution is 5.96. The lowest BCUT2D eigenvalue weighted by Crippen LogP contribution is -2.13. The van der Waals surface area contributed by atoms with E-state index in [9.17, 15) is 9.59 Å². The first-order valence-electron chi connectivity index (χ1n) is 7.68. The van der Waals surface area contributed by atoms with Crippen LogP contribution in [0.5, 0.6) is 17.2 Å². The van der Waals surface area contributed by atoms with Gasteiger partial charge in [-0.05, 0) is 31.2 Å². The van der Waals surface area contributed by atoms with E-state index in [0.717, 1.165) is 0 Å². The van der Waals surface area contributed by atoms with E-state index in [1.807, 2.05) is 0 Å². The van der Waals surface area contributed by atoms with Gasteiger partial charge < -0.3 is 18.9 Å². The van der Waals surface area contributed by atoms with Gasteiger partial charge in [0.25, 0.3) is 0 Å². The fourth-order valence-electron chi connectivity index (χ4n) is 2.21. The van der Waals surface area contributed by atoms with Crippen molar-refractivity contribution in [2.45, 2.75) is 6.92 Å². The normalized spacial score (nSPS) is 10.0. The molecule has 0 radical (unpaired) electrons. The molecule has 6 heteroatoms. The number of hydrogen-bond acceptors (Lipinski definition) is 6. The molecule has 0 saturated heterocycles. The zero-order valence-electron chi connectivity index (χ0n) is 14.4. The zero-order chi connectivity index (χ0) is 18.2. The van der Waals surface area contributed by atoms with Gasteiger partial charge >= 0.3 is 5.97 Å². The van der Waals surface area contributed by atoms with Gasteiger partial charge in [-0.1, -0.05) is 12.1 Å². The van der Waals surface area contributed by atoms with Crippen LogP contribution >= 0.6 is 0 Å². The van der Waals surface area contributed by atoms with Crippen LogP contribution in [-0.2, 0) is 4.74 Å². The van der Waals surface area contributed by atoms with E-state index in [2.05, 4.69) is 0 Å². The van der Waals surface area contributed by atoms with Gasteiger partial charge in [-0.3, -0.25) is 4.79 Å². The quantitative estimate of drug-likeness (QED) is 0.416. The Morgan fingerprint density at radius 3 is 2.20 bits per heavy atom. The molecule has 0 bridgehead atoms. The summed E-state index contributed by atoms with van der Waals surface area (Å²) in [5, 5.41) is 0. The maximum Gasteiger partial charge on any atom is 0.341 e. The number of ether oxygens (including phenoxy) is 4. The van der Waals surface area contributed by atoms with Crippen LogP contribution in [0.4, 0.5) is 0 Å². The van der Waals surface area contributed by atoms with Gasteiger partial charge in [0, 0.05) is 6.07 Å². The molecule has 2 aromatic rings. The second-order valence-electron chi connectivity index (χ2n) is 5.10. The summed E-state index contributed by atoms with van der Waals surface area (Å²) in [6.45, 7) is 1.88. The molecular formula is C19H20O6. The Morgan fingerprint density at radius 2 is 1.56 bits per heavy atom.